The summed E-state index contributed by atoms with van der Waals surface area (Å²) in [5.74, 6) is 0. The van der Waals surface area contributed by atoms with Crippen LogP contribution < -0.4 is 5.73 Å². The lowest BCUT2D eigenvalue weighted by molar-refractivity contribution is 0.189. The Balaban J connectivity index is 2.68. The lowest BCUT2D eigenvalue weighted by atomic mass is 10.6. The van der Waals surface area contributed by atoms with Crippen molar-refractivity contribution >= 4 is 12.6 Å². The van der Waals surface area contributed by atoms with Gasteiger partial charge in [0, 0.05) is 0 Å². The van der Waals surface area contributed by atoms with Crippen molar-refractivity contribution in [2.75, 3.05) is 0 Å². The first-order valence-corrected chi connectivity index (χ1v) is 2.50. The topological polar surface area (TPSA) is 39.6 Å². The number of nitrogens with two attached hydrogens (primary N) is 1. The van der Waals surface area contributed by atoms with Gasteiger partial charge in [-0.05, 0) is 4.85 Å². The van der Waals surface area contributed by atoms with Gasteiger partial charge in [0.25, 0.3) is 6.23 Å². The van der Waals surface area contributed by atoms with E-state index in [1.165, 1.54) is 6.20 Å². The van der Waals surface area contributed by atoms with E-state index in [0.29, 0.717) is 5.09 Å². The molecule has 0 fully saturated rings. The summed E-state index contributed by atoms with van der Waals surface area (Å²) >= 11 is 3.85. The van der Waals surface area contributed by atoms with E-state index in [1.807, 2.05) is 0 Å². The molecule has 0 radical (unpaired) electrons. The first-order chi connectivity index (χ1) is 3.79. The molecule has 1 unspecified atom stereocenters. The Labute approximate surface area is 52.3 Å². The van der Waals surface area contributed by atoms with Gasteiger partial charge in [-0.25, -0.2) is 0 Å². The van der Waals surface area contributed by atoms with Gasteiger partial charge in [-0.3, -0.25) is 5.73 Å². The van der Waals surface area contributed by atoms with Gasteiger partial charge in [-0.2, -0.15) is 0 Å². The molecular formula is C4H5N2OS+. The number of thiol groups is 1. The highest BCUT2D eigenvalue weighted by Crippen LogP contribution is 2.07. The third-order valence-electron chi connectivity index (χ3n) is 0.624. The molecule has 4 heteroatoms. The van der Waals surface area contributed by atoms with Crippen LogP contribution in [0.25, 0.3) is 4.85 Å². The van der Waals surface area contributed by atoms with Gasteiger partial charge in [0.1, 0.15) is 0 Å². The first kappa shape index (κ1) is 5.48. The maximum atomic E-state index is 5.21. The summed E-state index contributed by atoms with van der Waals surface area (Å²) in [6.07, 6.45) is 0.888. The first-order valence-electron chi connectivity index (χ1n) is 2.06. The summed E-state index contributed by atoms with van der Waals surface area (Å²) < 4.78 is 4.78. The highest BCUT2D eigenvalue weighted by molar-refractivity contribution is 7.84. The average Bonchev–Trinajstić information content (AvgIpc) is 1.64. The van der Waals surface area contributed by atoms with Crippen LogP contribution >= 0.6 is 12.6 Å². The summed E-state index contributed by atoms with van der Waals surface area (Å²) in [5.41, 5.74) is 5.21. The maximum Gasteiger partial charge on any atom is 0.353 e. The van der Waals surface area contributed by atoms with Crippen molar-refractivity contribution in [1.29, 1.82) is 0 Å². The van der Waals surface area contributed by atoms with Crippen LogP contribution in [0, 0.1) is 6.07 Å². The molecule has 0 aliphatic carbocycles. The van der Waals surface area contributed by atoms with Gasteiger partial charge in [-0.15, -0.1) is 0 Å². The standard InChI is InChI=1S/C4H4N2OS/c5-3-1-6-2-4(8)7-3/h2-3H,5H2/p+1. The molecule has 0 saturated heterocycles. The molecule has 3 nitrogen and oxygen atoms in total. The zero-order valence-electron chi connectivity index (χ0n) is 4.03. The number of hydrogen-bond donors (Lipinski definition) is 2. The molecule has 0 bridgehead atoms. The molecule has 1 aliphatic rings. The number of ether oxygens (including phenoxy) is 1. The molecule has 8 heavy (non-hydrogen) atoms. The SMILES string of the molecule is NC1C#[N+]C=C(S)O1. The second-order valence-electron chi connectivity index (χ2n) is 1.26. The van der Waals surface area contributed by atoms with Crippen molar-refractivity contribution in [2.45, 2.75) is 6.23 Å². The summed E-state index contributed by atoms with van der Waals surface area (Å²) in [4.78, 5) is 3.60. The normalized spacial score (nSPS) is 24.8. The molecule has 2 N–H and O–H groups in total. The van der Waals surface area contributed by atoms with E-state index in [0.717, 1.165) is 0 Å². The predicted octanol–water partition coefficient (Wildman–Crippen LogP) is 0.363. The largest absolute Gasteiger partial charge is 0.444 e. The minimum Gasteiger partial charge on any atom is -0.444 e. The lowest BCUT2D eigenvalue weighted by Gasteiger charge is -2.00. The molecular weight excluding hydrogens is 124 g/mol. The van der Waals surface area contributed by atoms with Crippen LogP contribution in [0.5, 0.6) is 0 Å². The molecule has 0 saturated carbocycles. The number of nitrogens with zero attached hydrogens (tertiary/aromatic N) is 1. The Hall–Kier alpha value is -0.660. The van der Waals surface area contributed by atoms with Crippen molar-refractivity contribution in [3.8, 4) is 6.07 Å². The molecule has 0 aromatic rings. The van der Waals surface area contributed by atoms with Crippen molar-refractivity contribution in [2.24, 2.45) is 5.73 Å². The quantitative estimate of drug-likeness (QED) is 0.464. The average molecular weight is 129 g/mol. The predicted molar refractivity (Wildman–Crippen MR) is 33.4 cm³/mol. The minimum absolute atomic E-state index is 0.427. The van der Waals surface area contributed by atoms with Crippen molar-refractivity contribution in [3.05, 3.63) is 16.1 Å². The fourth-order valence-electron chi connectivity index (χ4n) is 0.353. The highest BCUT2D eigenvalue weighted by atomic mass is 32.1. The summed E-state index contributed by atoms with van der Waals surface area (Å²) in [6.45, 7) is 0. The Morgan fingerprint density at radius 3 is 3.12 bits per heavy atom. The third-order valence-corrected chi connectivity index (χ3v) is 0.845. The van der Waals surface area contributed by atoms with E-state index < -0.39 is 6.23 Å². The molecule has 1 aliphatic heterocycles. The third kappa shape index (κ3) is 1.15. The molecule has 0 aromatic carbocycles. The second-order valence-corrected chi connectivity index (χ2v) is 1.70. The van der Waals surface area contributed by atoms with Crippen LogP contribution in [0.3, 0.4) is 0 Å². The van der Waals surface area contributed by atoms with Crippen LogP contribution in [0.15, 0.2) is 11.3 Å². The zero-order chi connectivity index (χ0) is 5.98. The molecule has 1 heterocycles. The monoisotopic (exact) mass is 129 g/mol. The molecule has 0 spiro atoms. The Bertz CT molecular complexity index is 178. The van der Waals surface area contributed by atoms with Crippen molar-refractivity contribution in [3.63, 3.8) is 0 Å². The van der Waals surface area contributed by atoms with E-state index in [1.54, 1.807) is 0 Å². The Morgan fingerprint density at radius 1 is 2.00 bits per heavy atom. The van der Waals surface area contributed by atoms with E-state index in [-0.39, 0.29) is 0 Å². The number of hydrogen-bond acceptors (Lipinski definition) is 3. The summed E-state index contributed by atoms with van der Waals surface area (Å²) in [5, 5.41) is 0.427. The van der Waals surface area contributed by atoms with Gasteiger partial charge in [-0.1, -0.05) is 12.6 Å². The minimum atomic E-state index is -0.549. The summed E-state index contributed by atoms with van der Waals surface area (Å²) in [7, 11) is 0. The van der Waals surface area contributed by atoms with E-state index >= 15 is 0 Å². The summed E-state index contributed by atoms with van der Waals surface area (Å²) in [6, 6.07) is 2.47. The van der Waals surface area contributed by atoms with Crippen LogP contribution in [0.2, 0.25) is 0 Å². The fourth-order valence-corrected chi connectivity index (χ4v) is 0.524. The second kappa shape index (κ2) is 2.07. The van der Waals surface area contributed by atoms with E-state index in [4.69, 9.17) is 10.5 Å². The van der Waals surface area contributed by atoms with Crippen LogP contribution in [-0.2, 0) is 4.74 Å². The van der Waals surface area contributed by atoms with Crippen molar-refractivity contribution < 1.29 is 4.74 Å². The van der Waals surface area contributed by atoms with Crippen LogP contribution in [-0.4, -0.2) is 6.23 Å². The van der Waals surface area contributed by atoms with Gasteiger partial charge >= 0.3 is 12.3 Å². The Kier molecular flexibility index (Phi) is 1.42. The molecule has 1 rings (SSSR count). The van der Waals surface area contributed by atoms with Crippen LogP contribution in [0.1, 0.15) is 0 Å². The molecule has 1 atom stereocenters. The Morgan fingerprint density at radius 2 is 2.75 bits per heavy atom. The maximum absolute atomic E-state index is 5.21. The smallest absolute Gasteiger partial charge is 0.353 e. The lowest BCUT2D eigenvalue weighted by Crippen LogP contribution is -2.20. The zero-order valence-corrected chi connectivity index (χ0v) is 4.93. The molecule has 0 aromatic heterocycles. The van der Waals surface area contributed by atoms with Crippen LogP contribution in [0.4, 0.5) is 0 Å². The van der Waals surface area contributed by atoms with Gasteiger partial charge in [0.15, 0.2) is 0 Å². The fraction of sp³-hybridized carbons (Fsp3) is 0.250. The van der Waals surface area contributed by atoms with E-state index in [9.17, 15) is 0 Å². The van der Waals surface area contributed by atoms with Gasteiger partial charge in [0.2, 0.25) is 5.09 Å². The molecule has 42 valence electrons. The highest BCUT2D eigenvalue weighted by Gasteiger charge is 2.12. The number of rotatable bonds is 0. The van der Waals surface area contributed by atoms with Crippen molar-refractivity contribution in [1.82, 2.24) is 0 Å². The van der Waals surface area contributed by atoms with E-state index in [2.05, 4.69) is 23.5 Å². The molecule has 0 amide bonds. The van der Waals surface area contributed by atoms with Gasteiger partial charge in [0.05, 0.1) is 0 Å². The van der Waals surface area contributed by atoms with Gasteiger partial charge < -0.3 is 4.74 Å².